The topological polar surface area (TPSA) is 24.9 Å². The third-order valence-corrected chi connectivity index (χ3v) is 4.25. The van der Waals surface area contributed by atoms with Crippen LogP contribution in [0, 0.1) is 6.92 Å². The van der Waals surface area contributed by atoms with Crippen LogP contribution in [-0.4, -0.2) is 12.0 Å². The maximum absolute atomic E-state index is 4.52. The number of benzene rings is 2. The molecular weight excluding hydrogens is 240 g/mol. The molecule has 3 rings (SSSR count). The van der Waals surface area contributed by atoms with Crippen molar-refractivity contribution in [3.63, 3.8) is 0 Å². The molecule has 3 aromatic rings. The van der Waals surface area contributed by atoms with Crippen molar-refractivity contribution in [2.24, 2.45) is 0 Å². The van der Waals surface area contributed by atoms with E-state index < -0.39 is 0 Å². The molecule has 90 valence electrons. The van der Waals surface area contributed by atoms with E-state index in [0.29, 0.717) is 0 Å². The van der Waals surface area contributed by atoms with Gasteiger partial charge in [-0.25, -0.2) is 4.98 Å². The van der Waals surface area contributed by atoms with Gasteiger partial charge < -0.3 is 5.32 Å². The van der Waals surface area contributed by atoms with E-state index in [0.717, 1.165) is 10.8 Å². The van der Waals surface area contributed by atoms with Crippen LogP contribution in [-0.2, 0) is 0 Å². The Morgan fingerprint density at radius 2 is 1.83 bits per heavy atom. The molecule has 0 aliphatic heterocycles. The van der Waals surface area contributed by atoms with Gasteiger partial charge in [-0.3, -0.25) is 0 Å². The lowest BCUT2D eigenvalue weighted by atomic mass is 10.0. The van der Waals surface area contributed by atoms with Gasteiger partial charge in [0.05, 0.1) is 10.6 Å². The smallest absolute Gasteiger partial charge is 0.183 e. The number of aryl methyl sites for hydroxylation is 1. The van der Waals surface area contributed by atoms with E-state index in [1.807, 2.05) is 7.05 Å². The molecule has 18 heavy (non-hydrogen) atoms. The van der Waals surface area contributed by atoms with Crippen LogP contribution in [0.15, 0.2) is 42.5 Å². The second kappa shape index (κ2) is 4.42. The lowest BCUT2D eigenvalue weighted by molar-refractivity contribution is 1.25. The first-order chi connectivity index (χ1) is 8.79. The monoisotopic (exact) mass is 254 g/mol. The second-order valence-electron chi connectivity index (χ2n) is 4.21. The van der Waals surface area contributed by atoms with Crippen LogP contribution in [0.4, 0.5) is 5.13 Å². The van der Waals surface area contributed by atoms with Gasteiger partial charge in [-0.05, 0) is 17.7 Å². The van der Waals surface area contributed by atoms with E-state index in [-0.39, 0.29) is 0 Å². The van der Waals surface area contributed by atoms with E-state index in [1.54, 1.807) is 11.3 Å². The fraction of sp³-hybridized carbons (Fsp3) is 0.133. The third-order valence-electron chi connectivity index (χ3n) is 3.04. The largest absolute Gasteiger partial charge is 0.365 e. The highest BCUT2D eigenvalue weighted by Gasteiger charge is 2.11. The molecule has 1 aromatic heterocycles. The Kier molecular flexibility index (Phi) is 2.76. The zero-order chi connectivity index (χ0) is 12.5. The molecule has 0 spiro atoms. The molecule has 0 amide bonds. The number of hydrogen-bond acceptors (Lipinski definition) is 3. The summed E-state index contributed by atoms with van der Waals surface area (Å²) >= 11 is 1.71. The maximum Gasteiger partial charge on any atom is 0.183 e. The zero-order valence-corrected chi connectivity index (χ0v) is 11.2. The summed E-state index contributed by atoms with van der Waals surface area (Å²) in [6, 6.07) is 14.9. The highest BCUT2D eigenvalue weighted by atomic mass is 32.1. The summed E-state index contributed by atoms with van der Waals surface area (Å²) in [6.07, 6.45) is 0. The van der Waals surface area contributed by atoms with Crippen molar-refractivity contribution in [2.75, 3.05) is 12.4 Å². The molecule has 0 saturated carbocycles. The minimum Gasteiger partial charge on any atom is -0.365 e. The number of thiazole rings is 1. The van der Waals surface area contributed by atoms with Gasteiger partial charge in [-0.1, -0.05) is 53.8 Å². The van der Waals surface area contributed by atoms with Gasteiger partial charge in [0.1, 0.15) is 0 Å². The van der Waals surface area contributed by atoms with E-state index in [2.05, 4.69) is 59.7 Å². The van der Waals surface area contributed by atoms with Crippen molar-refractivity contribution in [2.45, 2.75) is 6.92 Å². The van der Waals surface area contributed by atoms with Crippen LogP contribution >= 0.6 is 11.3 Å². The molecule has 0 fully saturated rings. The molecule has 2 nitrogen and oxygen atoms in total. The van der Waals surface area contributed by atoms with Crippen LogP contribution in [0.1, 0.15) is 5.69 Å². The van der Waals surface area contributed by atoms with Crippen LogP contribution in [0.3, 0.4) is 0 Å². The summed E-state index contributed by atoms with van der Waals surface area (Å²) in [5, 5.41) is 6.64. The predicted octanol–water partition coefficient (Wildman–Crippen LogP) is 4.31. The molecule has 0 aliphatic rings. The Hall–Kier alpha value is -1.87. The standard InChI is InChI=1S/C15H14N2S/c1-10-14(18-15(16-2)17-10)13-9-5-7-11-6-3-4-8-12(11)13/h3-9H,1-2H3,(H,16,17). The van der Waals surface area contributed by atoms with Gasteiger partial charge in [-0.15, -0.1) is 0 Å². The Balaban J connectivity index is 2.27. The Morgan fingerprint density at radius 1 is 1.06 bits per heavy atom. The first kappa shape index (κ1) is 11.2. The van der Waals surface area contributed by atoms with Gasteiger partial charge in [0, 0.05) is 12.6 Å². The average Bonchev–Trinajstić information content (AvgIpc) is 2.79. The summed E-state index contributed by atoms with van der Waals surface area (Å²) in [6.45, 7) is 2.06. The van der Waals surface area contributed by atoms with E-state index in [9.17, 15) is 0 Å². The van der Waals surface area contributed by atoms with E-state index in [1.165, 1.54) is 21.2 Å². The lowest BCUT2D eigenvalue weighted by Crippen LogP contribution is -1.85. The number of nitrogens with zero attached hydrogens (tertiary/aromatic N) is 1. The molecule has 1 N–H and O–H groups in total. The fourth-order valence-electron chi connectivity index (χ4n) is 2.18. The second-order valence-corrected chi connectivity index (χ2v) is 5.21. The molecule has 0 bridgehead atoms. The van der Waals surface area contributed by atoms with E-state index in [4.69, 9.17) is 0 Å². The van der Waals surface area contributed by atoms with Crippen LogP contribution in [0.25, 0.3) is 21.2 Å². The average molecular weight is 254 g/mol. The number of aromatic nitrogens is 1. The number of nitrogens with one attached hydrogen (secondary N) is 1. The van der Waals surface area contributed by atoms with Crippen molar-refractivity contribution < 1.29 is 0 Å². The van der Waals surface area contributed by atoms with Gasteiger partial charge in [-0.2, -0.15) is 0 Å². The quantitative estimate of drug-likeness (QED) is 0.737. The first-order valence-corrected chi connectivity index (χ1v) is 6.74. The lowest BCUT2D eigenvalue weighted by Gasteiger charge is -2.04. The molecule has 0 atom stereocenters. The highest BCUT2D eigenvalue weighted by Crippen LogP contribution is 2.36. The molecule has 0 aliphatic carbocycles. The van der Waals surface area contributed by atoms with Gasteiger partial charge in [0.2, 0.25) is 0 Å². The summed E-state index contributed by atoms with van der Waals surface area (Å²) < 4.78 is 0. The number of hydrogen-bond donors (Lipinski definition) is 1. The van der Waals surface area contributed by atoms with Crippen LogP contribution in [0.2, 0.25) is 0 Å². The molecule has 0 radical (unpaired) electrons. The summed E-state index contributed by atoms with van der Waals surface area (Å²) in [5.41, 5.74) is 2.35. The summed E-state index contributed by atoms with van der Waals surface area (Å²) in [5.74, 6) is 0. The molecule has 0 unspecified atom stereocenters. The highest BCUT2D eigenvalue weighted by molar-refractivity contribution is 7.19. The molecule has 0 saturated heterocycles. The summed E-state index contributed by atoms with van der Waals surface area (Å²) in [4.78, 5) is 5.77. The fourth-order valence-corrected chi connectivity index (χ4v) is 3.14. The van der Waals surface area contributed by atoms with Crippen molar-refractivity contribution in [1.29, 1.82) is 0 Å². The minimum absolute atomic E-state index is 0.968. The maximum atomic E-state index is 4.52. The van der Waals surface area contributed by atoms with Crippen LogP contribution in [0.5, 0.6) is 0 Å². The van der Waals surface area contributed by atoms with Gasteiger partial charge >= 0.3 is 0 Å². The molecule has 2 aromatic carbocycles. The Morgan fingerprint density at radius 3 is 2.61 bits per heavy atom. The van der Waals surface area contributed by atoms with Crippen LogP contribution < -0.4 is 5.32 Å². The molecular formula is C15H14N2S. The van der Waals surface area contributed by atoms with Crippen molar-refractivity contribution in [3.05, 3.63) is 48.2 Å². The third kappa shape index (κ3) is 1.77. The Bertz CT molecular complexity index is 695. The van der Waals surface area contributed by atoms with E-state index >= 15 is 0 Å². The zero-order valence-electron chi connectivity index (χ0n) is 10.4. The van der Waals surface area contributed by atoms with Gasteiger partial charge in [0.15, 0.2) is 5.13 Å². The first-order valence-electron chi connectivity index (χ1n) is 5.93. The molecule has 1 heterocycles. The SMILES string of the molecule is CNc1nc(C)c(-c2cccc3ccccc23)s1. The molecule has 3 heteroatoms. The van der Waals surface area contributed by atoms with Crippen molar-refractivity contribution in [1.82, 2.24) is 4.98 Å². The number of fused-ring (bicyclic) bond motifs is 1. The Labute approximate surface area is 110 Å². The van der Waals surface area contributed by atoms with Crippen molar-refractivity contribution in [3.8, 4) is 10.4 Å². The van der Waals surface area contributed by atoms with Crippen molar-refractivity contribution >= 4 is 27.2 Å². The summed E-state index contributed by atoms with van der Waals surface area (Å²) in [7, 11) is 1.91. The van der Waals surface area contributed by atoms with Gasteiger partial charge in [0.25, 0.3) is 0 Å². The predicted molar refractivity (Wildman–Crippen MR) is 79.3 cm³/mol. The number of anilines is 1. The minimum atomic E-state index is 0.968. The number of rotatable bonds is 2. The normalized spacial score (nSPS) is 10.8.